The van der Waals surface area contributed by atoms with Crippen molar-refractivity contribution in [1.82, 2.24) is 0 Å². The summed E-state index contributed by atoms with van der Waals surface area (Å²) in [7, 11) is 0. The molecule has 0 saturated heterocycles. The Morgan fingerprint density at radius 3 is 2.42 bits per heavy atom. The molecule has 1 aromatic rings. The third kappa shape index (κ3) is 4.17. The molecule has 0 heterocycles. The van der Waals surface area contributed by atoms with E-state index < -0.39 is 5.97 Å². The summed E-state index contributed by atoms with van der Waals surface area (Å²) in [6.45, 7) is -0.288. The Morgan fingerprint density at radius 2 is 1.92 bits per heavy atom. The number of rotatable bonds is 3. The lowest BCUT2D eigenvalue weighted by atomic mass is 10.3. The number of ether oxygens (including phenoxy) is 1. The summed E-state index contributed by atoms with van der Waals surface area (Å²) in [4.78, 5) is 10.0. The molecule has 0 unspecified atom stereocenters. The van der Waals surface area contributed by atoms with Crippen molar-refractivity contribution in [2.24, 2.45) is 0 Å². The molecule has 0 aliphatic carbocycles. The number of benzene rings is 1. The monoisotopic (exact) mass is 280 g/mol. The van der Waals surface area contributed by atoms with Crippen molar-refractivity contribution in [2.75, 3.05) is 6.61 Å². The minimum atomic E-state index is -0.964. The minimum Gasteiger partial charge on any atom is -0.482 e. The highest BCUT2D eigenvalue weighted by Gasteiger charge is 1.96. The Hall–Kier alpha value is -0.780. The standard InChI is InChI=1S/C8H8O3.HI/c9-8(10)6-11-7-4-2-1-3-5-7;/h1-5H,6H2,(H,9,10);1H. The quantitative estimate of drug-likeness (QED) is 0.858. The van der Waals surface area contributed by atoms with E-state index in [1.54, 1.807) is 24.3 Å². The first kappa shape index (κ1) is 11.2. The summed E-state index contributed by atoms with van der Waals surface area (Å²) in [6.07, 6.45) is 0. The molecular weight excluding hydrogens is 271 g/mol. The topological polar surface area (TPSA) is 46.5 Å². The Bertz CT molecular complexity index is 235. The molecule has 1 N–H and O–H groups in total. The highest BCUT2D eigenvalue weighted by molar-refractivity contribution is 14.0. The summed E-state index contributed by atoms with van der Waals surface area (Å²) in [6, 6.07) is 8.84. The van der Waals surface area contributed by atoms with Gasteiger partial charge >= 0.3 is 5.97 Å². The van der Waals surface area contributed by atoms with Gasteiger partial charge in [0.15, 0.2) is 6.61 Å². The predicted octanol–water partition coefficient (Wildman–Crippen LogP) is 1.77. The van der Waals surface area contributed by atoms with Crippen LogP contribution in [0, 0.1) is 0 Å². The number of para-hydroxylation sites is 1. The molecule has 0 amide bonds. The fourth-order valence-corrected chi connectivity index (χ4v) is 0.662. The highest BCUT2D eigenvalue weighted by Crippen LogP contribution is 2.07. The van der Waals surface area contributed by atoms with Crippen LogP contribution >= 0.6 is 24.0 Å². The maximum absolute atomic E-state index is 10.0. The van der Waals surface area contributed by atoms with Gasteiger partial charge in [-0.3, -0.25) is 0 Å². The molecule has 4 heteroatoms. The molecule has 0 aromatic heterocycles. The van der Waals surface area contributed by atoms with Crippen LogP contribution in [0.25, 0.3) is 0 Å². The van der Waals surface area contributed by atoms with E-state index in [0.29, 0.717) is 5.75 Å². The second-order valence-corrected chi connectivity index (χ2v) is 2.00. The number of carbonyl (C=O) groups is 1. The second-order valence-electron chi connectivity index (χ2n) is 2.00. The van der Waals surface area contributed by atoms with Gasteiger partial charge in [0.25, 0.3) is 0 Å². The van der Waals surface area contributed by atoms with E-state index >= 15 is 0 Å². The number of halogens is 1. The minimum absolute atomic E-state index is 0. The van der Waals surface area contributed by atoms with Crippen LogP contribution in [-0.4, -0.2) is 17.7 Å². The van der Waals surface area contributed by atoms with Gasteiger partial charge in [0, 0.05) is 0 Å². The maximum Gasteiger partial charge on any atom is 0.341 e. The zero-order valence-corrected chi connectivity index (χ0v) is 8.60. The first-order chi connectivity index (χ1) is 5.29. The number of hydrogen-bond acceptors (Lipinski definition) is 2. The molecular formula is C8H9IO3. The predicted molar refractivity (Wildman–Crippen MR) is 55.0 cm³/mol. The van der Waals surface area contributed by atoms with Gasteiger partial charge in [0.05, 0.1) is 0 Å². The first-order valence-electron chi connectivity index (χ1n) is 3.18. The van der Waals surface area contributed by atoms with E-state index in [-0.39, 0.29) is 30.6 Å². The summed E-state index contributed by atoms with van der Waals surface area (Å²) >= 11 is 0. The number of hydrogen-bond donors (Lipinski definition) is 1. The molecule has 0 aliphatic heterocycles. The molecule has 1 rings (SSSR count). The molecule has 0 spiro atoms. The van der Waals surface area contributed by atoms with Crippen LogP contribution in [0.5, 0.6) is 5.75 Å². The SMILES string of the molecule is I.O=C(O)COc1ccccc1. The lowest BCUT2D eigenvalue weighted by molar-refractivity contribution is -0.139. The normalized spacial score (nSPS) is 8.33. The van der Waals surface area contributed by atoms with Crippen molar-refractivity contribution in [3.63, 3.8) is 0 Å². The molecule has 3 nitrogen and oxygen atoms in total. The molecule has 0 aliphatic rings. The number of carboxylic acids is 1. The van der Waals surface area contributed by atoms with E-state index in [2.05, 4.69) is 0 Å². The molecule has 0 radical (unpaired) electrons. The molecule has 0 atom stereocenters. The third-order valence-electron chi connectivity index (χ3n) is 1.11. The summed E-state index contributed by atoms with van der Waals surface area (Å²) in [5, 5.41) is 8.25. The van der Waals surface area contributed by atoms with Crippen molar-refractivity contribution in [2.45, 2.75) is 0 Å². The Labute approximate surface area is 87.4 Å². The summed E-state index contributed by atoms with van der Waals surface area (Å²) < 4.78 is 4.87. The van der Waals surface area contributed by atoms with E-state index in [1.807, 2.05) is 6.07 Å². The molecule has 12 heavy (non-hydrogen) atoms. The lowest BCUT2D eigenvalue weighted by Gasteiger charge is -2.00. The van der Waals surface area contributed by atoms with Crippen molar-refractivity contribution in [3.05, 3.63) is 30.3 Å². The van der Waals surface area contributed by atoms with Crippen LogP contribution in [0.2, 0.25) is 0 Å². The van der Waals surface area contributed by atoms with Crippen molar-refractivity contribution in [3.8, 4) is 5.75 Å². The van der Waals surface area contributed by atoms with Gasteiger partial charge in [0.1, 0.15) is 5.75 Å². The zero-order chi connectivity index (χ0) is 8.10. The van der Waals surface area contributed by atoms with E-state index in [4.69, 9.17) is 9.84 Å². The molecule has 0 bridgehead atoms. The molecule has 66 valence electrons. The van der Waals surface area contributed by atoms with Gasteiger partial charge in [0.2, 0.25) is 0 Å². The van der Waals surface area contributed by atoms with Crippen LogP contribution in [0.3, 0.4) is 0 Å². The average Bonchev–Trinajstić information content (AvgIpc) is 2.03. The molecule has 0 saturated carbocycles. The fourth-order valence-electron chi connectivity index (χ4n) is 0.662. The van der Waals surface area contributed by atoms with Crippen LogP contribution in [0.4, 0.5) is 0 Å². The van der Waals surface area contributed by atoms with Gasteiger partial charge in [-0.1, -0.05) is 18.2 Å². The van der Waals surface area contributed by atoms with Crippen molar-refractivity contribution >= 4 is 29.9 Å². The molecule has 1 aromatic carbocycles. The fraction of sp³-hybridized carbons (Fsp3) is 0.125. The number of carboxylic acid groups (broad SMARTS) is 1. The Balaban J connectivity index is 0.00000121. The van der Waals surface area contributed by atoms with E-state index in [1.165, 1.54) is 0 Å². The van der Waals surface area contributed by atoms with Gasteiger partial charge in [-0.2, -0.15) is 0 Å². The Morgan fingerprint density at radius 1 is 1.33 bits per heavy atom. The first-order valence-corrected chi connectivity index (χ1v) is 3.18. The lowest BCUT2D eigenvalue weighted by Crippen LogP contribution is -2.09. The third-order valence-corrected chi connectivity index (χ3v) is 1.11. The van der Waals surface area contributed by atoms with E-state index in [0.717, 1.165) is 0 Å². The van der Waals surface area contributed by atoms with Crippen molar-refractivity contribution < 1.29 is 14.6 Å². The summed E-state index contributed by atoms with van der Waals surface area (Å²) in [5.41, 5.74) is 0. The Kier molecular flexibility index (Phi) is 5.44. The average molecular weight is 280 g/mol. The summed E-state index contributed by atoms with van der Waals surface area (Å²) in [5.74, 6) is -0.385. The number of aliphatic carboxylic acids is 1. The van der Waals surface area contributed by atoms with E-state index in [9.17, 15) is 4.79 Å². The largest absolute Gasteiger partial charge is 0.482 e. The van der Waals surface area contributed by atoms with Gasteiger partial charge in [-0.05, 0) is 12.1 Å². The van der Waals surface area contributed by atoms with Crippen LogP contribution < -0.4 is 4.74 Å². The second kappa shape index (κ2) is 5.82. The van der Waals surface area contributed by atoms with Crippen LogP contribution in [-0.2, 0) is 4.79 Å². The maximum atomic E-state index is 10.0. The van der Waals surface area contributed by atoms with Crippen LogP contribution in [0.15, 0.2) is 30.3 Å². The highest BCUT2D eigenvalue weighted by atomic mass is 127. The van der Waals surface area contributed by atoms with Gasteiger partial charge < -0.3 is 9.84 Å². The van der Waals surface area contributed by atoms with Gasteiger partial charge in [-0.15, -0.1) is 24.0 Å². The molecule has 0 fully saturated rings. The van der Waals surface area contributed by atoms with Crippen molar-refractivity contribution in [1.29, 1.82) is 0 Å². The zero-order valence-electron chi connectivity index (χ0n) is 6.27. The van der Waals surface area contributed by atoms with Crippen LogP contribution in [0.1, 0.15) is 0 Å². The smallest absolute Gasteiger partial charge is 0.341 e. The van der Waals surface area contributed by atoms with Gasteiger partial charge in [-0.25, -0.2) is 4.79 Å².